The van der Waals surface area contributed by atoms with Crippen LogP contribution in [-0.4, -0.2) is 6.61 Å². The summed E-state index contributed by atoms with van der Waals surface area (Å²) in [5.41, 5.74) is -0.621. The Kier molecular flexibility index (Phi) is 7.29. The summed E-state index contributed by atoms with van der Waals surface area (Å²) in [6, 6.07) is 5.09. The van der Waals surface area contributed by atoms with E-state index in [0.717, 1.165) is 25.7 Å². The van der Waals surface area contributed by atoms with Crippen molar-refractivity contribution in [1.29, 1.82) is 0 Å². The Labute approximate surface area is 142 Å². The van der Waals surface area contributed by atoms with E-state index in [0.29, 0.717) is 24.2 Å². The van der Waals surface area contributed by atoms with Gasteiger partial charge in [0.2, 0.25) is 0 Å². The van der Waals surface area contributed by atoms with Crippen molar-refractivity contribution in [3.05, 3.63) is 40.2 Å². The van der Waals surface area contributed by atoms with Gasteiger partial charge in [-0.25, -0.2) is 9.18 Å². The minimum absolute atomic E-state index is 0.0151. The van der Waals surface area contributed by atoms with Crippen LogP contribution in [0, 0.1) is 5.82 Å². The molecule has 1 aromatic heterocycles. The third-order valence-electron chi connectivity index (χ3n) is 4.17. The normalized spacial score (nSPS) is 11.1. The fraction of sp³-hybridized carbons (Fsp3) is 0.550. The molecule has 0 amide bonds. The predicted molar refractivity (Wildman–Crippen MR) is 95.3 cm³/mol. The second kappa shape index (κ2) is 9.45. The number of unbranched alkanes of at least 4 members (excludes halogenated alkanes) is 5. The number of rotatable bonds is 10. The topological polar surface area (TPSA) is 39.4 Å². The van der Waals surface area contributed by atoms with Gasteiger partial charge in [-0.2, -0.15) is 0 Å². The van der Waals surface area contributed by atoms with Crippen molar-refractivity contribution in [2.45, 2.75) is 65.2 Å². The van der Waals surface area contributed by atoms with Crippen LogP contribution in [0.2, 0.25) is 0 Å². The van der Waals surface area contributed by atoms with Gasteiger partial charge in [0.15, 0.2) is 11.6 Å². The zero-order valence-corrected chi connectivity index (χ0v) is 14.7. The molecule has 2 rings (SSSR count). The van der Waals surface area contributed by atoms with E-state index in [1.807, 2.05) is 0 Å². The molecular weight excluding hydrogens is 307 g/mol. The summed E-state index contributed by atoms with van der Waals surface area (Å²) in [7, 11) is 0. The molecule has 132 valence electrons. The highest BCUT2D eigenvalue weighted by molar-refractivity contribution is 5.83. The molecule has 0 bridgehead atoms. The zero-order valence-electron chi connectivity index (χ0n) is 14.7. The van der Waals surface area contributed by atoms with Gasteiger partial charge < -0.3 is 9.15 Å². The van der Waals surface area contributed by atoms with Crippen molar-refractivity contribution in [3.8, 4) is 5.75 Å². The molecule has 0 aliphatic heterocycles. The predicted octanol–water partition coefficient (Wildman–Crippen LogP) is 5.62. The van der Waals surface area contributed by atoms with Gasteiger partial charge in [0, 0.05) is 6.42 Å². The first kappa shape index (κ1) is 18.5. The van der Waals surface area contributed by atoms with E-state index in [1.165, 1.54) is 19.3 Å². The van der Waals surface area contributed by atoms with Crippen molar-refractivity contribution in [2.75, 3.05) is 6.61 Å². The number of fused-ring (bicyclic) bond motifs is 1. The maximum atomic E-state index is 14.6. The number of benzene rings is 1. The molecule has 0 spiro atoms. The SMILES string of the molecule is CCCCCCCOc1ccc2cc(CCCC)oc(=O)c2c1F. The van der Waals surface area contributed by atoms with Crippen LogP contribution in [0.15, 0.2) is 27.4 Å². The summed E-state index contributed by atoms with van der Waals surface area (Å²) in [6.07, 6.45) is 8.19. The molecule has 0 unspecified atom stereocenters. The Balaban J connectivity index is 2.09. The summed E-state index contributed by atoms with van der Waals surface area (Å²) in [5, 5.41) is 0.559. The van der Waals surface area contributed by atoms with Crippen LogP contribution < -0.4 is 10.4 Å². The highest BCUT2D eigenvalue weighted by atomic mass is 19.1. The van der Waals surface area contributed by atoms with E-state index in [-0.39, 0.29) is 11.1 Å². The van der Waals surface area contributed by atoms with Crippen LogP contribution in [0.5, 0.6) is 5.75 Å². The third-order valence-corrected chi connectivity index (χ3v) is 4.17. The van der Waals surface area contributed by atoms with Gasteiger partial charge in [0.25, 0.3) is 0 Å². The molecule has 24 heavy (non-hydrogen) atoms. The smallest absolute Gasteiger partial charge is 0.346 e. The number of hydrogen-bond acceptors (Lipinski definition) is 3. The van der Waals surface area contributed by atoms with E-state index in [2.05, 4.69) is 13.8 Å². The second-order valence-electron chi connectivity index (χ2n) is 6.21. The van der Waals surface area contributed by atoms with Crippen LogP contribution in [0.25, 0.3) is 10.8 Å². The van der Waals surface area contributed by atoms with Gasteiger partial charge in [0.05, 0.1) is 6.61 Å². The highest BCUT2D eigenvalue weighted by Crippen LogP contribution is 2.25. The van der Waals surface area contributed by atoms with Gasteiger partial charge in [0.1, 0.15) is 11.1 Å². The average Bonchev–Trinajstić information content (AvgIpc) is 2.57. The molecule has 3 nitrogen and oxygen atoms in total. The molecule has 0 aliphatic rings. The van der Waals surface area contributed by atoms with Gasteiger partial charge >= 0.3 is 5.63 Å². The number of ether oxygens (including phenoxy) is 1. The van der Waals surface area contributed by atoms with Crippen molar-refractivity contribution < 1.29 is 13.5 Å². The lowest BCUT2D eigenvalue weighted by molar-refractivity contribution is 0.291. The second-order valence-corrected chi connectivity index (χ2v) is 6.21. The molecule has 1 aromatic carbocycles. The van der Waals surface area contributed by atoms with E-state index < -0.39 is 11.4 Å². The van der Waals surface area contributed by atoms with Gasteiger partial charge in [-0.05, 0) is 30.4 Å². The fourth-order valence-electron chi connectivity index (χ4n) is 2.75. The summed E-state index contributed by atoms with van der Waals surface area (Å²) >= 11 is 0. The number of halogens is 1. The van der Waals surface area contributed by atoms with Gasteiger partial charge in [-0.15, -0.1) is 0 Å². The van der Waals surface area contributed by atoms with E-state index in [9.17, 15) is 9.18 Å². The Morgan fingerprint density at radius 3 is 2.54 bits per heavy atom. The van der Waals surface area contributed by atoms with Crippen molar-refractivity contribution in [1.82, 2.24) is 0 Å². The highest BCUT2D eigenvalue weighted by Gasteiger charge is 2.14. The fourth-order valence-corrected chi connectivity index (χ4v) is 2.75. The molecular formula is C20H27FO3. The van der Waals surface area contributed by atoms with Crippen LogP contribution in [0.1, 0.15) is 64.6 Å². The van der Waals surface area contributed by atoms with E-state index in [4.69, 9.17) is 9.15 Å². The van der Waals surface area contributed by atoms with Crippen LogP contribution >= 0.6 is 0 Å². The minimum atomic E-state index is -0.621. The summed E-state index contributed by atoms with van der Waals surface area (Å²) in [4.78, 5) is 12.1. The lowest BCUT2D eigenvalue weighted by atomic mass is 10.1. The molecule has 0 saturated heterocycles. The molecule has 0 atom stereocenters. The Morgan fingerprint density at radius 1 is 1.04 bits per heavy atom. The molecule has 0 N–H and O–H groups in total. The molecule has 0 fully saturated rings. The largest absolute Gasteiger partial charge is 0.490 e. The quantitative estimate of drug-likeness (QED) is 0.529. The first-order chi connectivity index (χ1) is 11.7. The lowest BCUT2D eigenvalue weighted by Crippen LogP contribution is -2.07. The molecule has 0 aliphatic carbocycles. The molecule has 0 saturated carbocycles. The third kappa shape index (κ3) is 4.83. The lowest BCUT2D eigenvalue weighted by Gasteiger charge is -2.09. The van der Waals surface area contributed by atoms with Gasteiger partial charge in [-0.1, -0.05) is 52.0 Å². The average molecular weight is 334 g/mol. The maximum Gasteiger partial charge on any atom is 0.346 e. The maximum absolute atomic E-state index is 14.6. The van der Waals surface area contributed by atoms with Crippen molar-refractivity contribution >= 4 is 10.8 Å². The first-order valence-electron chi connectivity index (χ1n) is 9.05. The molecule has 4 heteroatoms. The van der Waals surface area contributed by atoms with Crippen LogP contribution in [0.3, 0.4) is 0 Å². The zero-order chi connectivity index (χ0) is 17.4. The standard InChI is InChI=1S/C20H27FO3/c1-3-5-7-8-9-13-23-17-12-11-15-14-16(10-6-4-2)24-20(22)18(15)19(17)21/h11-12,14H,3-10,13H2,1-2H3. The van der Waals surface area contributed by atoms with Crippen LogP contribution in [-0.2, 0) is 6.42 Å². The first-order valence-corrected chi connectivity index (χ1v) is 9.05. The van der Waals surface area contributed by atoms with Gasteiger partial charge in [-0.3, -0.25) is 0 Å². The Hall–Kier alpha value is -1.84. The number of aryl methyl sites for hydroxylation is 1. The monoisotopic (exact) mass is 334 g/mol. The molecule has 2 aromatic rings. The number of hydrogen-bond donors (Lipinski definition) is 0. The Morgan fingerprint density at radius 2 is 1.79 bits per heavy atom. The van der Waals surface area contributed by atoms with Crippen molar-refractivity contribution in [3.63, 3.8) is 0 Å². The van der Waals surface area contributed by atoms with Crippen LogP contribution in [0.4, 0.5) is 4.39 Å². The van der Waals surface area contributed by atoms with E-state index in [1.54, 1.807) is 18.2 Å². The summed E-state index contributed by atoms with van der Waals surface area (Å²) in [5.74, 6) is 0.127. The molecule has 1 heterocycles. The Bertz CT molecular complexity index is 706. The molecule has 0 radical (unpaired) electrons. The minimum Gasteiger partial charge on any atom is -0.490 e. The van der Waals surface area contributed by atoms with Crippen molar-refractivity contribution in [2.24, 2.45) is 0 Å². The van der Waals surface area contributed by atoms with E-state index >= 15 is 0 Å². The summed E-state index contributed by atoms with van der Waals surface area (Å²) in [6.45, 7) is 4.71. The summed E-state index contributed by atoms with van der Waals surface area (Å²) < 4.78 is 25.3.